The van der Waals surface area contributed by atoms with Gasteiger partial charge in [0.25, 0.3) is 0 Å². The summed E-state index contributed by atoms with van der Waals surface area (Å²) in [6.07, 6.45) is 3.43. The molecular weight excluding hydrogens is 152 g/mol. The Morgan fingerprint density at radius 2 is 2.40 bits per heavy atom. The molecule has 0 aliphatic carbocycles. The predicted octanol–water partition coefficient (Wildman–Crippen LogP) is 1.77. The molecule has 2 nitrogen and oxygen atoms in total. The summed E-state index contributed by atoms with van der Waals surface area (Å²) < 4.78 is 10.6. The van der Waals surface area contributed by atoms with Gasteiger partial charge in [-0.25, -0.2) is 0 Å². The second-order valence-electron chi connectivity index (χ2n) is 2.36. The van der Waals surface area contributed by atoms with Crippen molar-refractivity contribution >= 4 is 11.6 Å². The first-order chi connectivity index (χ1) is 4.93. The van der Waals surface area contributed by atoms with Crippen molar-refractivity contribution in [1.82, 2.24) is 0 Å². The number of ether oxygens (including phenoxy) is 2. The van der Waals surface area contributed by atoms with Crippen LogP contribution in [0.3, 0.4) is 0 Å². The summed E-state index contributed by atoms with van der Waals surface area (Å²) in [5, 5.41) is 0. The van der Waals surface area contributed by atoms with Crippen LogP contribution >= 0.6 is 11.6 Å². The molecule has 0 N–H and O–H groups in total. The molecule has 0 radical (unpaired) electrons. The lowest BCUT2D eigenvalue weighted by Gasteiger charge is -2.21. The van der Waals surface area contributed by atoms with Gasteiger partial charge in [-0.3, -0.25) is 0 Å². The van der Waals surface area contributed by atoms with Crippen molar-refractivity contribution < 1.29 is 9.47 Å². The van der Waals surface area contributed by atoms with E-state index in [0.29, 0.717) is 12.5 Å². The van der Waals surface area contributed by atoms with Gasteiger partial charge in [0.15, 0.2) is 6.29 Å². The van der Waals surface area contributed by atoms with E-state index in [1.807, 2.05) is 0 Å². The third-order valence-corrected chi connectivity index (χ3v) is 1.67. The van der Waals surface area contributed by atoms with E-state index in [-0.39, 0.29) is 6.29 Å². The van der Waals surface area contributed by atoms with Crippen LogP contribution in [-0.2, 0) is 9.47 Å². The lowest BCUT2D eigenvalue weighted by molar-refractivity contribution is -0.158. The second-order valence-corrected chi connectivity index (χ2v) is 2.73. The van der Waals surface area contributed by atoms with Gasteiger partial charge in [-0.15, -0.1) is 11.6 Å². The van der Waals surface area contributed by atoms with Crippen molar-refractivity contribution in [2.45, 2.75) is 25.6 Å². The standard InChI is InChI=1S/C7H13ClO2/c8-4-6-10-7-3-1-2-5-9-7/h7H,1-6H2/t7-/m0/s1. The van der Waals surface area contributed by atoms with Crippen LogP contribution in [0.5, 0.6) is 0 Å². The van der Waals surface area contributed by atoms with Crippen LogP contribution in [-0.4, -0.2) is 25.4 Å². The number of hydrogen-bond acceptors (Lipinski definition) is 2. The van der Waals surface area contributed by atoms with E-state index < -0.39 is 0 Å². The Kier molecular flexibility index (Phi) is 4.10. The molecule has 0 aromatic rings. The maximum Gasteiger partial charge on any atom is 0.157 e. The molecule has 60 valence electrons. The molecule has 10 heavy (non-hydrogen) atoms. The predicted molar refractivity (Wildman–Crippen MR) is 40.3 cm³/mol. The summed E-state index contributed by atoms with van der Waals surface area (Å²) in [7, 11) is 0. The molecule has 0 aromatic heterocycles. The van der Waals surface area contributed by atoms with Crippen molar-refractivity contribution in [2.24, 2.45) is 0 Å². The highest BCUT2D eigenvalue weighted by atomic mass is 35.5. The van der Waals surface area contributed by atoms with Crippen molar-refractivity contribution in [1.29, 1.82) is 0 Å². The number of hydrogen-bond donors (Lipinski definition) is 0. The summed E-state index contributed by atoms with van der Waals surface area (Å²) in [5.41, 5.74) is 0. The van der Waals surface area contributed by atoms with Gasteiger partial charge >= 0.3 is 0 Å². The molecule has 1 rings (SSSR count). The summed E-state index contributed by atoms with van der Waals surface area (Å²) in [5.74, 6) is 0.555. The first-order valence-electron chi connectivity index (χ1n) is 3.72. The minimum Gasteiger partial charge on any atom is -0.353 e. The van der Waals surface area contributed by atoms with E-state index in [0.717, 1.165) is 13.0 Å². The molecule has 0 amide bonds. The second kappa shape index (κ2) is 4.94. The van der Waals surface area contributed by atoms with Crippen LogP contribution in [0.15, 0.2) is 0 Å². The molecule has 0 aromatic carbocycles. The Bertz CT molecular complexity index is 81.7. The first kappa shape index (κ1) is 8.31. The Morgan fingerprint density at radius 3 is 3.00 bits per heavy atom. The zero-order chi connectivity index (χ0) is 7.23. The van der Waals surface area contributed by atoms with Gasteiger partial charge in [0.1, 0.15) is 0 Å². The van der Waals surface area contributed by atoms with Gasteiger partial charge in [-0.1, -0.05) is 0 Å². The molecule has 1 heterocycles. The van der Waals surface area contributed by atoms with Crippen molar-refractivity contribution in [3.63, 3.8) is 0 Å². The zero-order valence-corrected chi connectivity index (χ0v) is 6.77. The highest BCUT2D eigenvalue weighted by Crippen LogP contribution is 2.13. The Hall–Kier alpha value is 0.210. The fourth-order valence-electron chi connectivity index (χ4n) is 1.02. The van der Waals surface area contributed by atoms with Gasteiger partial charge in [-0.2, -0.15) is 0 Å². The SMILES string of the molecule is ClCCO[C@H]1CCCCO1. The third kappa shape index (κ3) is 2.86. The normalized spacial score (nSPS) is 26.7. The lowest BCUT2D eigenvalue weighted by atomic mass is 10.2. The van der Waals surface area contributed by atoms with E-state index in [1.165, 1.54) is 12.8 Å². The van der Waals surface area contributed by atoms with Crippen LogP contribution in [0.1, 0.15) is 19.3 Å². The molecule has 0 spiro atoms. The Balaban J connectivity index is 2.02. The lowest BCUT2D eigenvalue weighted by Crippen LogP contribution is -2.22. The molecule has 0 bridgehead atoms. The van der Waals surface area contributed by atoms with Crippen molar-refractivity contribution in [3.8, 4) is 0 Å². The van der Waals surface area contributed by atoms with Crippen LogP contribution in [0.2, 0.25) is 0 Å². The van der Waals surface area contributed by atoms with E-state index in [9.17, 15) is 0 Å². The summed E-state index contributed by atoms with van der Waals surface area (Å²) in [6.45, 7) is 1.44. The third-order valence-electron chi connectivity index (χ3n) is 1.52. The van der Waals surface area contributed by atoms with Gasteiger partial charge in [-0.05, 0) is 19.3 Å². The van der Waals surface area contributed by atoms with E-state index >= 15 is 0 Å². The number of rotatable bonds is 3. The molecule has 1 fully saturated rings. The average molecular weight is 165 g/mol. The van der Waals surface area contributed by atoms with Crippen LogP contribution in [0.4, 0.5) is 0 Å². The fourth-order valence-corrected chi connectivity index (χ4v) is 1.11. The quantitative estimate of drug-likeness (QED) is 0.592. The molecule has 1 aliphatic rings. The van der Waals surface area contributed by atoms with Crippen LogP contribution in [0, 0.1) is 0 Å². The summed E-state index contributed by atoms with van der Waals surface area (Å²) in [4.78, 5) is 0. The van der Waals surface area contributed by atoms with Crippen LogP contribution in [0.25, 0.3) is 0 Å². The summed E-state index contributed by atoms with van der Waals surface area (Å²) in [6, 6.07) is 0. The number of halogens is 1. The van der Waals surface area contributed by atoms with E-state index in [1.54, 1.807) is 0 Å². The molecule has 0 saturated carbocycles. The van der Waals surface area contributed by atoms with E-state index in [4.69, 9.17) is 21.1 Å². The average Bonchev–Trinajstić information content (AvgIpc) is 2.03. The molecular formula is C7H13ClO2. The minimum atomic E-state index is 0.0208. The Labute approximate surface area is 66.5 Å². The fraction of sp³-hybridized carbons (Fsp3) is 1.00. The highest BCUT2D eigenvalue weighted by molar-refractivity contribution is 6.17. The molecule has 1 aliphatic heterocycles. The van der Waals surface area contributed by atoms with Crippen LogP contribution < -0.4 is 0 Å². The maximum absolute atomic E-state index is 5.44. The molecule has 0 unspecified atom stereocenters. The van der Waals surface area contributed by atoms with Gasteiger partial charge in [0, 0.05) is 12.5 Å². The first-order valence-corrected chi connectivity index (χ1v) is 4.26. The molecule has 1 saturated heterocycles. The minimum absolute atomic E-state index is 0.0208. The maximum atomic E-state index is 5.44. The topological polar surface area (TPSA) is 18.5 Å². The van der Waals surface area contributed by atoms with Crippen molar-refractivity contribution in [2.75, 3.05) is 19.1 Å². The van der Waals surface area contributed by atoms with E-state index in [2.05, 4.69) is 0 Å². The molecule has 3 heteroatoms. The molecule has 1 atom stereocenters. The zero-order valence-electron chi connectivity index (χ0n) is 6.01. The van der Waals surface area contributed by atoms with Crippen molar-refractivity contribution in [3.05, 3.63) is 0 Å². The Morgan fingerprint density at radius 1 is 1.50 bits per heavy atom. The monoisotopic (exact) mass is 164 g/mol. The van der Waals surface area contributed by atoms with Gasteiger partial charge < -0.3 is 9.47 Å². The largest absolute Gasteiger partial charge is 0.353 e. The van der Waals surface area contributed by atoms with Gasteiger partial charge in [0.2, 0.25) is 0 Å². The smallest absolute Gasteiger partial charge is 0.157 e. The highest BCUT2D eigenvalue weighted by Gasteiger charge is 2.12. The number of alkyl halides is 1. The van der Waals surface area contributed by atoms with Gasteiger partial charge in [0.05, 0.1) is 6.61 Å². The summed E-state index contributed by atoms with van der Waals surface area (Å²) >= 11 is 5.44.